The van der Waals surface area contributed by atoms with E-state index in [-0.39, 0.29) is 28.3 Å². The van der Waals surface area contributed by atoms with E-state index in [1.807, 2.05) is 24.3 Å². The minimum absolute atomic E-state index is 0.137. The highest BCUT2D eigenvalue weighted by molar-refractivity contribution is 6.00. The summed E-state index contributed by atoms with van der Waals surface area (Å²) in [5.74, 6) is 0.0750. The molecule has 9 nitrogen and oxygen atoms in total. The fourth-order valence-electron chi connectivity index (χ4n) is 5.64. The quantitative estimate of drug-likeness (QED) is 0.376. The highest BCUT2D eigenvalue weighted by Gasteiger charge is 2.28. The molecule has 0 radical (unpaired) electrons. The molecule has 1 N–H and O–H groups in total. The van der Waals surface area contributed by atoms with Gasteiger partial charge in [0.05, 0.1) is 10.8 Å². The number of imide groups is 1. The molecule has 1 atom stereocenters. The van der Waals surface area contributed by atoms with E-state index >= 15 is 0 Å². The van der Waals surface area contributed by atoms with Crippen LogP contribution in [-0.2, 0) is 9.59 Å². The molecule has 3 aliphatic heterocycles. The summed E-state index contributed by atoms with van der Waals surface area (Å²) in [5.41, 5.74) is 3.36. The van der Waals surface area contributed by atoms with Crippen molar-refractivity contribution in [2.45, 2.75) is 31.6 Å². The molecule has 0 saturated carbocycles. The molecule has 0 aromatic heterocycles. The van der Waals surface area contributed by atoms with Crippen LogP contribution in [0.5, 0.6) is 0 Å². The van der Waals surface area contributed by atoms with E-state index in [4.69, 9.17) is 0 Å². The lowest BCUT2D eigenvalue weighted by Gasteiger charge is -2.40. The van der Waals surface area contributed by atoms with Crippen molar-refractivity contribution in [3.8, 4) is 0 Å². The second kappa shape index (κ2) is 10.7. The Morgan fingerprint density at radius 3 is 1.97 bits per heavy atom. The Morgan fingerprint density at radius 2 is 1.39 bits per heavy atom. The highest BCUT2D eigenvalue weighted by Crippen LogP contribution is 2.28. The molecule has 190 valence electrons. The Hall–Kier alpha value is -3.46. The number of amides is 2. The number of non-ortho nitro benzene ring substituents is 1. The molecule has 2 amide bonds. The number of nitrogens with one attached hydrogen (secondary N) is 1. The Bertz CT molecular complexity index is 1090. The van der Waals surface area contributed by atoms with Crippen molar-refractivity contribution in [3.05, 3.63) is 64.2 Å². The maximum Gasteiger partial charge on any atom is 0.269 e. The first-order chi connectivity index (χ1) is 17.5. The third kappa shape index (κ3) is 5.51. The van der Waals surface area contributed by atoms with E-state index in [1.165, 1.54) is 5.69 Å². The van der Waals surface area contributed by atoms with Gasteiger partial charge in [-0.1, -0.05) is 12.1 Å². The molecule has 2 aromatic rings. The van der Waals surface area contributed by atoms with E-state index < -0.39 is 0 Å². The van der Waals surface area contributed by atoms with Gasteiger partial charge < -0.3 is 9.80 Å². The summed E-state index contributed by atoms with van der Waals surface area (Å²) in [7, 11) is 0. The van der Waals surface area contributed by atoms with Crippen LogP contribution in [0.15, 0.2) is 48.5 Å². The van der Waals surface area contributed by atoms with Crippen molar-refractivity contribution < 1.29 is 14.5 Å². The molecule has 3 fully saturated rings. The molecule has 3 heterocycles. The first kappa shape index (κ1) is 24.2. The molecule has 3 aliphatic rings. The molecular weight excluding hydrogens is 458 g/mol. The van der Waals surface area contributed by atoms with Gasteiger partial charge in [-0.15, -0.1) is 0 Å². The predicted molar refractivity (Wildman–Crippen MR) is 138 cm³/mol. The summed E-state index contributed by atoms with van der Waals surface area (Å²) < 4.78 is 0. The van der Waals surface area contributed by atoms with Crippen molar-refractivity contribution >= 4 is 28.9 Å². The van der Waals surface area contributed by atoms with E-state index in [2.05, 4.69) is 32.1 Å². The maximum absolute atomic E-state index is 12.1. The summed E-state index contributed by atoms with van der Waals surface area (Å²) in [6.07, 6.45) is 3.25. The van der Waals surface area contributed by atoms with Gasteiger partial charge in [0.1, 0.15) is 0 Å². The Balaban J connectivity index is 1.06. The van der Waals surface area contributed by atoms with E-state index in [1.54, 1.807) is 12.1 Å². The summed E-state index contributed by atoms with van der Waals surface area (Å²) in [6.45, 7) is 7.15. The van der Waals surface area contributed by atoms with Gasteiger partial charge in [-0.2, -0.15) is 0 Å². The zero-order valence-electron chi connectivity index (χ0n) is 20.5. The first-order valence-electron chi connectivity index (χ1n) is 12.9. The monoisotopic (exact) mass is 491 g/mol. The van der Waals surface area contributed by atoms with E-state index in [9.17, 15) is 19.7 Å². The normalized spacial score (nSPS) is 21.9. The molecule has 2 aromatic carbocycles. The summed E-state index contributed by atoms with van der Waals surface area (Å²) in [6, 6.07) is 15.1. The van der Waals surface area contributed by atoms with Crippen LogP contribution in [0.4, 0.5) is 17.1 Å². The second-order valence-corrected chi connectivity index (χ2v) is 10.1. The second-order valence-electron chi connectivity index (χ2n) is 10.1. The third-order valence-electron chi connectivity index (χ3n) is 7.83. The number of hydrogen-bond donors (Lipinski definition) is 1. The van der Waals surface area contributed by atoms with Crippen LogP contribution in [0.3, 0.4) is 0 Å². The highest BCUT2D eigenvalue weighted by atomic mass is 16.6. The molecule has 0 aliphatic carbocycles. The number of piperazine rings is 1. The van der Waals surface area contributed by atoms with Crippen molar-refractivity contribution in [2.75, 3.05) is 55.6 Å². The van der Waals surface area contributed by atoms with E-state index in [0.29, 0.717) is 18.8 Å². The third-order valence-corrected chi connectivity index (χ3v) is 7.83. The number of nitro groups is 1. The molecular formula is C27H33N5O4. The van der Waals surface area contributed by atoms with Crippen LogP contribution < -0.4 is 15.1 Å². The van der Waals surface area contributed by atoms with Gasteiger partial charge in [-0.3, -0.25) is 29.9 Å². The Morgan fingerprint density at radius 1 is 0.806 bits per heavy atom. The van der Waals surface area contributed by atoms with Gasteiger partial charge >= 0.3 is 0 Å². The van der Waals surface area contributed by atoms with Gasteiger partial charge in [0.15, 0.2) is 0 Å². The lowest BCUT2D eigenvalue weighted by Crippen LogP contribution is -2.49. The van der Waals surface area contributed by atoms with Crippen molar-refractivity contribution in [1.82, 2.24) is 10.2 Å². The fourth-order valence-corrected chi connectivity index (χ4v) is 5.64. The van der Waals surface area contributed by atoms with Gasteiger partial charge in [-0.25, -0.2) is 0 Å². The number of hydrogen-bond acceptors (Lipinski definition) is 7. The summed E-state index contributed by atoms with van der Waals surface area (Å²) in [4.78, 5) is 41.4. The number of benzene rings is 2. The van der Waals surface area contributed by atoms with Gasteiger partial charge in [0, 0.05) is 75.7 Å². The Kier molecular flexibility index (Phi) is 7.18. The van der Waals surface area contributed by atoms with Gasteiger partial charge in [0.2, 0.25) is 11.8 Å². The lowest BCUT2D eigenvalue weighted by atomic mass is 9.90. The molecule has 0 bridgehead atoms. The smallest absolute Gasteiger partial charge is 0.269 e. The number of nitrogens with zero attached hydrogens (tertiary/aromatic N) is 4. The number of piperidine rings is 2. The number of rotatable bonds is 6. The summed E-state index contributed by atoms with van der Waals surface area (Å²) >= 11 is 0. The molecule has 1 unspecified atom stereocenters. The van der Waals surface area contributed by atoms with E-state index in [0.717, 1.165) is 69.9 Å². The molecule has 9 heteroatoms. The largest absolute Gasteiger partial charge is 0.372 e. The van der Waals surface area contributed by atoms with Crippen molar-refractivity contribution in [3.63, 3.8) is 0 Å². The standard InChI is InChI=1S/C27H33N5O4/c33-26-10-9-25(27(34)28-26)21-1-3-22(4-2-21)31-17-15-29(16-18-31)19-20-11-13-30(14-12-20)23-5-7-24(8-6-23)32(35)36/h1-8,20,25H,9-19H2,(H,28,33,34). The van der Waals surface area contributed by atoms with Gasteiger partial charge in [0.25, 0.3) is 5.69 Å². The van der Waals surface area contributed by atoms with Gasteiger partial charge in [-0.05, 0) is 55.0 Å². The first-order valence-corrected chi connectivity index (χ1v) is 12.9. The van der Waals surface area contributed by atoms with Crippen LogP contribution >= 0.6 is 0 Å². The number of carbonyl (C=O) groups excluding carboxylic acids is 2. The molecule has 0 spiro atoms. The van der Waals surface area contributed by atoms with Crippen molar-refractivity contribution in [1.29, 1.82) is 0 Å². The minimum atomic E-state index is -0.355. The van der Waals surface area contributed by atoms with Crippen LogP contribution in [0.1, 0.15) is 37.2 Å². The van der Waals surface area contributed by atoms with Crippen LogP contribution in [0.2, 0.25) is 0 Å². The lowest BCUT2D eigenvalue weighted by molar-refractivity contribution is -0.384. The SMILES string of the molecule is O=C1CCC(c2ccc(N3CCN(CC4CCN(c5ccc([N+](=O)[O-])cc5)CC4)CC3)cc2)C(=O)N1. The van der Waals surface area contributed by atoms with Crippen LogP contribution in [0.25, 0.3) is 0 Å². The Labute approximate surface area is 211 Å². The molecule has 3 saturated heterocycles. The number of anilines is 2. The predicted octanol–water partition coefficient (Wildman–Crippen LogP) is 3.15. The zero-order valence-corrected chi connectivity index (χ0v) is 20.5. The fraction of sp³-hybridized carbons (Fsp3) is 0.481. The summed E-state index contributed by atoms with van der Waals surface area (Å²) in [5, 5.41) is 13.3. The topological polar surface area (TPSA) is 99.0 Å². The average molecular weight is 492 g/mol. The van der Waals surface area contributed by atoms with Crippen molar-refractivity contribution in [2.24, 2.45) is 5.92 Å². The number of nitro benzene ring substituents is 1. The zero-order chi connectivity index (χ0) is 25.1. The maximum atomic E-state index is 12.1. The molecule has 5 rings (SSSR count). The van der Waals surface area contributed by atoms with Crippen LogP contribution in [-0.4, -0.2) is 67.5 Å². The number of carbonyl (C=O) groups is 2. The molecule has 36 heavy (non-hydrogen) atoms. The minimum Gasteiger partial charge on any atom is -0.372 e. The average Bonchev–Trinajstić information content (AvgIpc) is 2.90. The van der Waals surface area contributed by atoms with Crippen LogP contribution in [0, 0.1) is 16.0 Å².